The van der Waals surface area contributed by atoms with Crippen molar-refractivity contribution in [3.8, 4) is 5.75 Å². The fourth-order valence-electron chi connectivity index (χ4n) is 1.02. The molecule has 1 rings (SSSR count). The minimum Gasteiger partial charge on any atom is -0.480 e. The van der Waals surface area contributed by atoms with Crippen LogP contribution in [-0.4, -0.2) is 17.4 Å². The van der Waals surface area contributed by atoms with Gasteiger partial charge >= 0.3 is 12.3 Å². The molecule has 0 fully saturated rings. The third-order valence-corrected chi connectivity index (χ3v) is 1.74. The highest BCUT2D eigenvalue weighted by Gasteiger charge is 2.31. The van der Waals surface area contributed by atoms with Gasteiger partial charge in [0.25, 0.3) is 0 Å². The highest BCUT2D eigenvalue weighted by atomic mass is 35.5. The van der Waals surface area contributed by atoms with Crippen LogP contribution >= 0.6 is 12.4 Å². The summed E-state index contributed by atoms with van der Waals surface area (Å²) in [6, 6.07) is 3.08. The molecule has 1 atom stereocenters. The van der Waals surface area contributed by atoms with E-state index < -0.39 is 24.1 Å². The number of nitrogens with two attached hydrogens (primary N) is 1. The number of carbonyl (C=O) groups is 1. The van der Waals surface area contributed by atoms with Crippen LogP contribution in [0.15, 0.2) is 24.3 Å². The van der Waals surface area contributed by atoms with E-state index in [1.807, 2.05) is 0 Å². The van der Waals surface area contributed by atoms with Crippen LogP contribution in [-0.2, 0) is 4.79 Å². The molecule has 0 saturated carbocycles. The van der Waals surface area contributed by atoms with E-state index in [-0.39, 0.29) is 18.0 Å². The molecule has 96 valence electrons. The van der Waals surface area contributed by atoms with Crippen LogP contribution in [0.2, 0.25) is 0 Å². The number of carboxylic acid groups (broad SMARTS) is 1. The SMILES string of the molecule is Cl.N[C@H](C(=O)O)c1ccc(OC(F)(F)F)cc1. The highest BCUT2D eigenvalue weighted by molar-refractivity contribution is 5.85. The van der Waals surface area contributed by atoms with Gasteiger partial charge in [-0.15, -0.1) is 25.6 Å². The Morgan fingerprint density at radius 1 is 1.29 bits per heavy atom. The zero-order chi connectivity index (χ0) is 12.3. The number of alkyl halides is 3. The third kappa shape index (κ3) is 4.92. The number of hydrogen-bond acceptors (Lipinski definition) is 3. The van der Waals surface area contributed by atoms with Gasteiger partial charge < -0.3 is 15.6 Å². The minimum absolute atomic E-state index is 0. The Kier molecular flexibility index (Phi) is 5.24. The maximum absolute atomic E-state index is 11.8. The van der Waals surface area contributed by atoms with Gasteiger partial charge in [-0.1, -0.05) is 12.1 Å². The van der Waals surface area contributed by atoms with Crippen molar-refractivity contribution >= 4 is 18.4 Å². The van der Waals surface area contributed by atoms with Crippen molar-refractivity contribution in [3.05, 3.63) is 29.8 Å². The van der Waals surface area contributed by atoms with Crippen LogP contribution in [0.5, 0.6) is 5.75 Å². The molecule has 0 radical (unpaired) electrons. The summed E-state index contributed by atoms with van der Waals surface area (Å²) in [5.41, 5.74) is 5.45. The summed E-state index contributed by atoms with van der Waals surface area (Å²) in [4.78, 5) is 10.5. The van der Waals surface area contributed by atoms with E-state index in [0.29, 0.717) is 0 Å². The van der Waals surface area contributed by atoms with Crippen molar-refractivity contribution in [3.63, 3.8) is 0 Å². The minimum atomic E-state index is -4.77. The van der Waals surface area contributed by atoms with E-state index in [2.05, 4.69) is 4.74 Å². The summed E-state index contributed by atoms with van der Waals surface area (Å²) in [5, 5.41) is 8.55. The topological polar surface area (TPSA) is 72.6 Å². The van der Waals surface area contributed by atoms with Gasteiger partial charge in [0.15, 0.2) is 0 Å². The Hall–Kier alpha value is -1.47. The van der Waals surface area contributed by atoms with Crippen molar-refractivity contribution < 1.29 is 27.8 Å². The number of ether oxygens (including phenoxy) is 1. The van der Waals surface area contributed by atoms with Crippen molar-refractivity contribution in [2.24, 2.45) is 5.73 Å². The summed E-state index contributed by atoms with van der Waals surface area (Å²) < 4.78 is 39.0. The van der Waals surface area contributed by atoms with Crippen LogP contribution in [0.1, 0.15) is 11.6 Å². The van der Waals surface area contributed by atoms with Gasteiger partial charge in [0, 0.05) is 0 Å². The van der Waals surface area contributed by atoms with Gasteiger partial charge in [-0.05, 0) is 17.7 Å². The average Bonchev–Trinajstić information content (AvgIpc) is 2.15. The van der Waals surface area contributed by atoms with Gasteiger partial charge in [-0.2, -0.15) is 0 Å². The van der Waals surface area contributed by atoms with Crippen molar-refractivity contribution in [2.75, 3.05) is 0 Å². The Bertz CT molecular complexity index is 380. The van der Waals surface area contributed by atoms with Crippen LogP contribution in [0.4, 0.5) is 13.2 Å². The Morgan fingerprint density at radius 2 is 1.76 bits per heavy atom. The van der Waals surface area contributed by atoms with E-state index in [9.17, 15) is 18.0 Å². The molecule has 0 bridgehead atoms. The monoisotopic (exact) mass is 271 g/mol. The molecular formula is C9H9ClF3NO3. The first-order valence-corrected chi connectivity index (χ1v) is 4.13. The second-order valence-corrected chi connectivity index (χ2v) is 2.93. The lowest BCUT2D eigenvalue weighted by Gasteiger charge is -2.10. The summed E-state index contributed by atoms with van der Waals surface area (Å²) >= 11 is 0. The molecule has 0 saturated heterocycles. The van der Waals surface area contributed by atoms with Gasteiger partial charge in [0.1, 0.15) is 11.8 Å². The molecule has 0 aliphatic heterocycles. The molecule has 1 aromatic carbocycles. The molecule has 0 aliphatic carbocycles. The van der Waals surface area contributed by atoms with Crippen molar-refractivity contribution in [1.29, 1.82) is 0 Å². The first kappa shape index (κ1) is 15.5. The molecule has 8 heteroatoms. The number of benzene rings is 1. The van der Waals surface area contributed by atoms with E-state index in [1.54, 1.807) is 0 Å². The molecule has 0 heterocycles. The highest BCUT2D eigenvalue weighted by Crippen LogP contribution is 2.23. The van der Waals surface area contributed by atoms with Crippen molar-refractivity contribution in [2.45, 2.75) is 12.4 Å². The molecule has 0 unspecified atom stereocenters. The Labute approximate surface area is 101 Å². The number of carboxylic acids is 1. The van der Waals surface area contributed by atoms with Gasteiger partial charge in [0.05, 0.1) is 0 Å². The quantitative estimate of drug-likeness (QED) is 0.883. The predicted octanol–water partition coefficient (Wildman–Crippen LogP) is 2.09. The Morgan fingerprint density at radius 3 is 2.12 bits per heavy atom. The molecule has 17 heavy (non-hydrogen) atoms. The Balaban J connectivity index is 0.00000256. The van der Waals surface area contributed by atoms with Gasteiger partial charge in [-0.25, -0.2) is 0 Å². The molecule has 0 aliphatic rings. The fourth-order valence-corrected chi connectivity index (χ4v) is 1.02. The number of rotatable bonds is 3. The predicted molar refractivity (Wildman–Crippen MR) is 54.9 cm³/mol. The van der Waals surface area contributed by atoms with E-state index >= 15 is 0 Å². The summed E-state index contributed by atoms with van der Waals surface area (Å²) in [5.74, 6) is -1.68. The standard InChI is InChI=1S/C9H8F3NO3.ClH/c10-9(11,12)16-6-3-1-5(2-4-6)7(13)8(14)15;/h1-4,7H,13H2,(H,14,15);1H/t7-;/m0./s1. The molecule has 0 spiro atoms. The van der Waals surface area contributed by atoms with E-state index in [0.717, 1.165) is 12.1 Å². The second-order valence-electron chi connectivity index (χ2n) is 2.93. The zero-order valence-electron chi connectivity index (χ0n) is 8.27. The van der Waals surface area contributed by atoms with Gasteiger partial charge in [-0.3, -0.25) is 4.79 Å². The third-order valence-electron chi connectivity index (χ3n) is 1.74. The normalized spacial score (nSPS) is 12.5. The van der Waals surface area contributed by atoms with Crippen LogP contribution < -0.4 is 10.5 Å². The molecule has 4 nitrogen and oxygen atoms in total. The molecular weight excluding hydrogens is 263 g/mol. The van der Waals surface area contributed by atoms with E-state index in [1.165, 1.54) is 12.1 Å². The molecule has 0 amide bonds. The summed E-state index contributed by atoms with van der Waals surface area (Å²) in [6.07, 6.45) is -4.77. The molecule has 1 aromatic rings. The van der Waals surface area contributed by atoms with E-state index in [4.69, 9.17) is 10.8 Å². The number of aliphatic carboxylic acids is 1. The van der Waals surface area contributed by atoms with Crippen LogP contribution in [0, 0.1) is 0 Å². The summed E-state index contributed by atoms with van der Waals surface area (Å²) in [6.45, 7) is 0. The number of hydrogen-bond donors (Lipinski definition) is 2. The maximum atomic E-state index is 11.8. The largest absolute Gasteiger partial charge is 0.573 e. The van der Waals surface area contributed by atoms with Crippen molar-refractivity contribution in [1.82, 2.24) is 0 Å². The lowest BCUT2D eigenvalue weighted by Crippen LogP contribution is -2.21. The average molecular weight is 272 g/mol. The molecule has 3 N–H and O–H groups in total. The number of halogens is 4. The lowest BCUT2D eigenvalue weighted by atomic mass is 10.1. The van der Waals surface area contributed by atoms with Gasteiger partial charge in [0.2, 0.25) is 0 Å². The first-order valence-electron chi connectivity index (χ1n) is 4.13. The first-order chi connectivity index (χ1) is 7.29. The molecule has 0 aromatic heterocycles. The fraction of sp³-hybridized carbons (Fsp3) is 0.222. The zero-order valence-corrected chi connectivity index (χ0v) is 9.09. The maximum Gasteiger partial charge on any atom is 0.573 e. The lowest BCUT2D eigenvalue weighted by molar-refractivity contribution is -0.274. The van der Waals surface area contributed by atoms with Crippen LogP contribution in [0.25, 0.3) is 0 Å². The smallest absolute Gasteiger partial charge is 0.480 e. The second kappa shape index (κ2) is 5.74. The van der Waals surface area contributed by atoms with Crippen LogP contribution in [0.3, 0.4) is 0 Å². The summed E-state index contributed by atoms with van der Waals surface area (Å²) in [7, 11) is 0.